The van der Waals surface area contributed by atoms with E-state index in [0.29, 0.717) is 0 Å². The number of nitrogens with two attached hydrogens (primary N) is 3. The van der Waals surface area contributed by atoms with Gasteiger partial charge >= 0.3 is 36.9 Å². The molecule has 1 aliphatic heterocycles. The number of aromatic amines is 2. The number of H-pyrrole nitrogens is 2. The predicted octanol–water partition coefficient (Wildman–Crippen LogP) is -2.94. The lowest BCUT2D eigenvalue weighted by Crippen LogP contribution is -2.46. The number of ether oxygens (including phenoxy) is 4. The van der Waals surface area contributed by atoms with Gasteiger partial charge in [0.25, 0.3) is 17.1 Å². The molecular formula is C34H50N15O23P4+. The first-order chi connectivity index (χ1) is 35.7. The van der Waals surface area contributed by atoms with Crippen molar-refractivity contribution < 1.29 is 103 Å². The molecule has 0 aromatic carbocycles. The van der Waals surface area contributed by atoms with Crippen LogP contribution in [0.1, 0.15) is 25.1 Å². The summed E-state index contributed by atoms with van der Waals surface area (Å²) in [6, 6.07) is 0. The number of fused-ring (bicyclic) bond motifs is 3. The van der Waals surface area contributed by atoms with Gasteiger partial charge in [-0.1, -0.05) is 4.98 Å². The smallest absolute Gasteiger partial charge is 0.384 e. The average Bonchev–Trinajstić information content (AvgIpc) is 4.12. The molecule has 0 aliphatic carbocycles. The standard InChI is InChI=1S/C32H47N15O23P4.C2H2/c1-44-12-47(26-19(44)28(51)43-32(35)41-26)30-20(49)21(63-4)15(67-30)8-66-73(57,58)70-74(59,60)69-72(55,56)65-7-14(62-3)22(29(52)46-11-38-17-23(33)36-9-37-24(17)46)68-71(53,54)64-6-13(61-2)5-16(48)45-10-39-18-25(45)40-31(34)42-27(18)50;1-2/h9-16,20-22,29-30,48-49,52H,5-8H2,1-4H3,(H11-,33,34,35,36,37,40,41,42,43,50,51,53,54,55,56,57,58,59,60);1-2H/p+1/t13?,14?,15-,16?,20?,21?,22?,29?,30-;/m0./s1. The zero-order chi connectivity index (χ0) is 56.2. The van der Waals surface area contributed by atoms with E-state index in [1.54, 1.807) is 0 Å². The van der Waals surface area contributed by atoms with Gasteiger partial charge in [0.1, 0.15) is 48.6 Å². The Labute approximate surface area is 424 Å². The first kappa shape index (κ1) is 59.7. The summed E-state index contributed by atoms with van der Waals surface area (Å²) in [5.74, 6) is -0.738. The number of phosphoric ester groups is 3. The summed E-state index contributed by atoms with van der Waals surface area (Å²) in [5, 5.41) is 33.7. The fourth-order valence-corrected chi connectivity index (χ4v) is 11.9. The van der Waals surface area contributed by atoms with Crippen molar-refractivity contribution in [3.8, 4) is 12.8 Å². The van der Waals surface area contributed by atoms with Crippen molar-refractivity contribution in [3.05, 3.63) is 46.0 Å². The third kappa shape index (κ3) is 13.6. The van der Waals surface area contributed by atoms with Crippen LogP contribution in [0.2, 0.25) is 0 Å². The second kappa shape index (κ2) is 24.0. The van der Waals surface area contributed by atoms with Crippen LogP contribution in [0.25, 0.3) is 33.5 Å². The topological polar surface area (TPSA) is 542 Å². The first-order valence-corrected chi connectivity index (χ1v) is 27.0. The van der Waals surface area contributed by atoms with Gasteiger partial charge in [-0.2, -0.15) is 13.6 Å². The molecule has 13 atom stereocenters. The van der Waals surface area contributed by atoms with E-state index in [1.165, 1.54) is 22.5 Å². The van der Waals surface area contributed by atoms with Gasteiger partial charge in [-0.15, -0.1) is 12.8 Å². The highest BCUT2D eigenvalue weighted by Gasteiger charge is 2.50. The lowest BCUT2D eigenvalue weighted by atomic mass is 10.1. The van der Waals surface area contributed by atoms with Crippen LogP contribution < -0.4 is 32.9 Å². The van der Waals surface area contributed by atoms with Crippen LogP contribution in [-0.4, -0.2) is 166 Å². The average molecular weight is 1160 g/mol. The summed E-state index contributed by atoms with van der Waals surface area (Å²) < 4.78 is 107. The van der Waals surface area contributed by atoms with Gasteiger partial charge in [0, 0.05) is 27.8 Å². The zero-order valence-corrected chi connectivity index (χ0v) is 43.2. The number of terminal acetylenes is 1. The molecule has 6 aromatic heterocycles. The third-order valence-electron chi connectivity index (χ3n) is 10.8. The summed E-state index contributed by atoms with van der Waals surface area (Å²) in [5.41, 5.74) is 15.3. The second-order valence-electron chi connectivity index (χ2n) is 15.6. The highest BCUT2D eigenvalue weighted by molar-refractivity contribution is 7.66. The third-order valence-corrected chi connectivity index (χ3v) is 16.0. The number of imidazole rings is 3. The number of phosphoric acid groups is 4. The number of hydrogen-bond acceptors (Lipinski definition) is 28. The maximum Gasteiger partial charge on any atom is 0.490 e. The largest absolute Gasteiger partial charge is 0.490 e. The fourth-order valence-electron chi connectivity index (χ4n) is 7.43. The molecule has 7 heterocycles. The minimum atomic E-state index is -6.19. The number of anilines is 3. The van der Waals surface area contributed by atoms with E-state index >= 15 is 0 Å². The molecule has 0 radical (unpaired) electrons. The molecular weight excluding hydrogens is 1110 g/mol. The molecule has 0 saturated carbocycles. The van der Waals surface area contributed by atoms with E-state index in [9.17, 15) is 62.7 Å². The Morgan fingerprint density at radius 1 is 0.803 bits per heavy atom. The SMILES string of the molecule is C#C.COC(COP(=O)(O)OC(C(COP(=O)(O)OP(=O)(O)OP(=O)(O)OC[C@@H]1O[C@H]([n+]2cn(C)c3c(=O)[nH]c(N)nc32)C(O)C1OC)OC)C(O)n1cnc2c(N)ncnc21)CC(O)n1cnc2c(=O)[nH]c(N)nc21. The number of rotatable bonds is 25. The van der Waals surface area contributed by atoms with Gasteiger partial charge in [0.2, 0.25) is 17.7 Å². The molecule has 0 bridgehead atoms. The van der Waals surface area contributed by atoms with Crippen molar-refractivity contribution in [2.75, 3.05) is 58.4 Å². The van der Waals surface area contributed by atoms with E-state index in [4.69, 9.17) is 54.2 Å². The summed E-state index contributed by atoms with van der Waals surface area (Å²) in [4.78, 5) is 95.2. The minimum Gasteiger partial charge on any atom is -0.384 e. The predicted molar refractivity (Wildman–Crippen MR) is 252 cm³/mol. The molecule has 1 saturated heterocycles. The highest BCUT2D eigenvalue weighted by atomic mass is 31.3. The number of nitrogen functional groups attached to an aromatic ring is 3. The molecule has 0 spiro atoms. The fraction of sp³-hybridized carbons (Fsp3) is 0.500. The number of nitrogens with zero attached hydrogens (tertiary/aromatic N) is 10. The normalized spacial score (nSPS) is 22.2. The quantitative estimate of drug-likeness (QED) is 0.0155. The molecule has 15 N–H and O–H groups in total. The van der Waals surface area contributed by atoms with Crippen molar-refractivity contribution in [1.82, 2.24) is 53.6 Å². The Balaban J connectivity index is 0.00000463. The number of aliphatic hydroxyl groups is 3. The molecule has 76 heavy (non-hydrogen) atoms. The Hall–Kier alpha value is -5.55. The Morgan fingerprint density at radius 2 is 1.42 bits per heavy atom. The van der Waals surface area contributed by atoms with Crippen molar-refractivity contribution in [2.24, 2.45) is 7.05 Å². The lowest BCUT2D eigenvalue weighted by Gasteiger charge is -2.32. The molecule has 0 amide bonds. The van der Waals surface area contributed by atoms with Gasteiger partial charge in [-0.05, 0) is 0 Å². The van der Waals surface area contributed by atoms with Crippen molar-refractivity contribution in [3.63, 3.8) is 0 Å². The van der Waals surface area contributed by atoms with Gasteiger partial charge in [-0.25, -0.2) is 42.8 Å². The number of aryl methyl sites for hydroxylation is 1. The Kier molecular flexibility index (Phi) is 18.8. The number of aromatic nitrogens is 12. The highest BCUT2D eigenvalue weighted by Crippen LogP contribution is 2.68. The van der Waals surface area contributed by atoms with Gasteiger partial charge in [0.05, 0.1) is 45.6 Å². The van der Waals surface area contributed by atoms with E-state index in [-0.39, 0.29) is 51.2 Å². The van der Waals surface area contributed by atoms with Crippen LogP contribution in [0.4, 0.5) is 17.7 Å². The second-order valence-corrected chi connectivity index (χ2v) is 21.7. The Bertz CT molecular complexity index is 3370. The van der Waals surface area contributed by atoms with Crippen molar-refractivity contribution >= 4 is 82.5 Å². The van der Waals surface area contributed by atoms with Crippen LogP contribution >= 0.6 is 31.3 Å². The van der Waals surface area contributed by atoms with E-state index < -0.39 is 124 Å². The first-order valence-electron chi connectivity index (χ1n) is 21.1. The summed E-state index contributed by atoms with van der Waals surface area (Å²) in [7, 11) is -18.8. The molecule has 1 aliphatic rings. The summed E-state index contributed by atoms with van der Waals surface area (Å²) >= 11 is 0. The summed E-state index contributed by atoms with van der Waals surface area (Å²) in [6.45, 7) is -3.19. The maximum atomic E-state index is 13.6. The molecule has 7 rings (SSSR count). The van der Waals surface area contributed by atoms with E-state index in [1.807, 2.05) is 0 Å². The van der Waals surface area contributed by atoms with Crippen LogP contribution in [0.3, 0.4) is 0 Å². The minimum absolute atomic E-state index is 0.0196. The summed E-state index contributed by atoms with van der Waals surface area (Å²) in [6.07, 6.45) is -3.06. The number of methoxy groups -OCH3 is 3. The Morgan fingerprint density at radius 3 is 2.08 bits per heavy atom. The van der Waals surface area contributed by atoms with Crippen LogP contribution in [0, 0.1) is 12.8 Å². The maximum absolute atomic E-state index is 13.6. The van der Waals surface area contributed by atoms with Gasteiger partial charge in [-0.3, -0.25) is 51.4 Å². The van der Waals surface area contributed by atoms with Gasteiger partial charge in [0.15, 0.2) is 35.2 Å². The zero-order valence-electron chi connectivity index (χ0n) is 39.6. The van der Waals surface area contributed by atoms with E-state index in [0.717, 1.165) is 49.4 Å². The molecule has 11 unspecified atom stereocenters. The van der Waals surface area contributed by atoms with E-state index in [2.05, 4.69) is 61.3 Å². The number of hydrogen-bond donors (Lipinski definition) is 12. The van der Waals surface area contributed by atoms with Gasteiger partial charge < -0.3 is 71.0 Å². The van der Waals surface area contributed by atoms with Crippen LogP contribution in [-0.2, 0) is 71.0 Å². The van der Waals surface area contributed by atoms with Crippen LogP contribution in [0.5, 0.6) is 0 Å². The molecule has 1 fully saturated rings. The van der Waals surface area contributed by atoms with Crippen molar-refractivity contribution in [1.29, 1.82) is 0 Å². The molecule has 418 valence electrons. The molecule has 38 nitrogen and oxygen atoms in total. The van der Waals surface area contributed by atoms with Crippen molar-refractivity contribution in [2.45, 2.75) is 61.7 Å². The number of aliphatic hydroxyl groups excluding tert-OH is 3. The monoisotopic (exact) mass is 1160 g/mol. The van der Waals surface area contributed by atoms with Crippen LogP contribution in [0.15, 0.2) is 34.9 Å². The lowest BCUT2D eigenvalue weighted by molar-refractivity contribution is -0.745. The molecule has 42 heteroatoms. The number of nitrogens with one attached hydrogen (secondary N) is 2. The molecule has 6 aromatic rings.